The number of hydrogen-bond acceptors (Lipinski definition) is 4. The van der Waals surface area contributed by atoms with Crippen LogP contribution in [0.4, 0.5) is 5.69 Å². The zero-order valence-electron chi connectivity index (χ0n) is 15.7. The first-order chi connectivity index (χ1) is 13.6. The summed E-state index contributed by atoms with van der Waals surface area (Å²) in [5.41, 5.74) is 8.35. The zero-order valence-corrected chi connectivity index (χ0v) is 15.7. The van der Waals surface area contributed by atoms with Crippen molar-refractivity contribution in [3.63, 3.8) is 0 Å². The van der Waals surface area contributed by atoms with Crippen molar-refractivity contribution in [3.05, 3.63) is 83.3 Å². The second kappa shape index (κ2) is 7.12. The second-order valence-electron chi connectivity index (χ2n) is 6.54. The predicted molar refractivity (Wildman–Crippen MR) is 112 cm³/mol. The van der Waals surface area contributed by atoms with Gasteiger partial charge in [-0.3, -0.25) is 4.79 Å². The van der Waals surface area contributed by atoms with Crippen molar-refractivity contribution < 1.29 is 9.47 Å². The zero-order chi connectivity index (χ0) is 19.7. The van der Waals surface area contributed by atoms with Crippen LogP contribution in [0, 0.1) is 0 Å². The number of aromatic nitrogens is 1. The fourth-order valence-corrected chi connectivity index (χ4v) is 3.25. The van der Waals surface area contributed by atoms with E-state index in [2.05, 4.69) is 0 Å². The molecule has 0 amide bonds. The van der Waals surface area contributed by atoms with Crippen molar-refractivity contribution in [3.8, 4) is 28.4 Å². The molecular weight excluding hydrogens is 352 g/mol. The highest BCUT2D eigenvalue weighted by Gasteiger charge is 2.14. The topological polar surface area (TPSA) is 66.5 Å². The lowest BCUT2D eigenvalue weighted by Crippen LogP contribution is -2.16. The fourth-order valence-electron chi connectivity index (χ4n) is 3.25. The molecule has 0 aliphatic heterocycles. The molecule has 4 rings (SSSR count). The van der Waals surface area contributed by atoms with Crippen LogP contribution in [0.15, 0.2) is 77.7 Å². The first kappa shape index (κ1) is 17.7. The van der Waals surface area contributed by atoms with E-state index in [1.165, 1.54) is 0 Å². The van der Waals surface area contributed by atoms with Gasteiger partial charge in [-0.15, -0.1) is 0 Å². The fraction of sp³-hybridized carbons (Fsp3) is 0.0870. The Balaban J connectivity index is 1.89. The smallest absolute Gasteiger partial charge is 0.258 e. The number of nitrogens with zero attached hydrogens (tertiary/aromatic N) is 1. The van der Waals surface area contributed by atoms with Crippen LogP contribution in [0.3, 0.4) is 0 Å². The molecule has 5 heteroatoms. The summed E-state index contributed by atoms with van der Waals surface area (Å²) in [5.74, 6) is 2.10. The number of nitrogen functional groups attached to an aromatic ring is 1. The number of benzene rings is 3. The van der Waals surface area contributed by atoms with E-state index in [1.807, 2.05) is 66.9 Å². The van der Waals surface area contributed by atoms with E-state index < -0.39 is 0 Å². The van der Waals surface area contributed by atoms with E-state index in [4.69, 9.17) is 15.2 Å². The molecule has 0 saturated heterocycles. The molecule has 0 bridgehead atoms. The standard InChI is InChI=1S/C23H20N2O3/c1-25-14-21(18-5-3-4-6-19(18)23(25)26)20-13-15(24)7-12-22(20)28-17-10-8-16(27-2)9-11-17/h3-14H,24H2,1-2H3. The highest BCUT2D eigenvalue weighted by molar-refractivity contribution is 5.97. The van der Waals surface area contributed by atoms with Crippen molar-refractivity contribution in [2.24, 2.45) is 7.05 Å². The molecule has 2 N–H and O–H groups in total. The lowest BCUT2D eigenvalue weighted by Gasteiger charge is -2.15. The quantitative estimate of drug-likeness (QED) is 0.532. The van der Waals surface area contributed by atoms with E-state index in [0.29, 0.717) is 22.6 Å². The third-order valence-corrected chi connectivity index (χ3v) is 4.67. The molecule has 0 atom stereocenters. The van der Waals surface area contributed by atoms with Gasteiger partial charge in [-0.25, -0.2) is 0 Å². The van der Waals surface area contributed by atoms with Gasteiger partial charge in [-0.1, -0.05) is 18.2 Å². The minimum absolute atomic E-state index is 0.0409. The third kappa shape index (κ3) is 3.18. The number of pyridine rings is 1. The molecule has 0 saturated carbocycles. The normalized spacial score (nSPS) is 10.8. The first-order valence-corrected chi connectivity index (χ1v) is 8.87. The first-order valence-electron chi connectivity index (χ1n) is 8.87. The Morgan fingerprint density at radius 1 is 0.857 bits per heavy atom. The minimum Gasteiger partial charge on any atom is -0.497 e. The van der Waals surface area contributed by atoms with Crippen molar-refractivity contribution in [1.82, 2.24) is 4.57 Å². The van der Waals surface area contributed by atoms with E-state index in [9.17, 15) is 4.79 Å². The maximum atomic E-state index is 12.5. The van der Waals surface area contributed by atoms with Crippen LogP contribution in [-0.2, 0) is 7.05 Å². The van der Waals surface area contributed by atoms with Gasteiger partial charge >= 0.3 is 0 Å². The number of ether oxygens (including phenoxy) is 2. The molecular formula is C23H20N2O3. The maximum absolute atomic E-state index is 12.5. The number of hydrogen-bond donors (Lipinski definition) is 1. The molecule has 4 aromatic rings. The van der Waals surface area contributed by atoms with Crippen LogP contribution in [0.5, 0.6) is 17.2 Å². The molecule has 140 valence electrons. The molecule has 1 heterocycles. The Kier molecular flexibility index (Phi) is 4.49. The van der Waals surface area contributed by atoms with Crippen LogP contribution in [0.25, 0.3) is 21.9 Å². The molecule has 5 nitrogen and oxygen atoms in total. The van der Waals surface area contributed by atoms with Gasteiger partial charge in [0.15, 0.2) is 0 Å². The maximum Gasteiger partial charge on any atom is 0.258 e. The average Bonchev–Trinajstić information content (AvgIpc) is 2.72. The van der Waals surface area contributed by atoms with Crippen LogP contribution < -0.4 is 20.8 Å². The van der Waals surface area contributed by atoms with Gasteiger partial charge in [0.2, 0.25) is 0 Å². The van der Waals surface area contributed by atoms with Crippen molar-refractivity contribution in [2.45, 2.75) is 0 Å². The van der Waals surface area contributed by atoms with Gasteiger partial charge in [0.05, 0.1) is 7.11 Å². The molecule has 1 aromatic heterocycles. The summed E-state index contributed by atoms with van der Waals surface area (Å²) < 4.78 is 12.9. The van der Waals surface area contributed by atoms with Crippen molar-refractivity contribution >= 4 is 16.5 Å². The lowest BCUT2D eigenvalue weighted by atomic mass is 9.99. The largest absolute Gasteiger partial charge is 0.497 e. The van der Waals surface area contributed by atoms with Gasteiger partial charge in [-0.2, -0.15) is 0 Å². The number of aryl methyl sites for hydroxylation is 1. The van der Waals surface area contributed by atoms with Gasteiger partial charge < -0.3 is 19.8 Å². The van der Waals surface area contributed by atoms with E-state index in [-0.39, 0.29) is 5.56 Å². The Morgan fingerprint density at radius 3 is 2.25 bits per heavy atom. The van der Waals surface area contributed by atoms with Crippen molar-refractivity contribution in [1.29, 1.82) is 0 Å². The molecule has 3 aromatic carbocycles. The van der Waals surface area contributed by atoms with Gasteiger partial charge in [0.25, 0.3) is 5.56 Å². The summed E-state index contributed by atoms with van der Waals surface area (Å²) in [7, 11) is 3.37. The molecule has 0 fully saturated rings. The highest BCUT2D eigenvalue weighted by Crippen LogP contribution is 2.38. The number of methoxy groups -OCH3 is 1. The van der Waals surface area contributed by atoms with Crippen LogP contribution in [0.1, 0.15) is 0 Å². The Morgan fingerprint density at radius 2 is 1.54 bits per heavy atom. The van der Waals surface area contributed by atoms with E-state index in [0.717, 1.165) is 22.3 Å². The summed E-state index contributed by atoms with van der Waals surface area (Å²) in [6, 6.07) is 20.4. The molecule has 0 unspecified atom stereocenters. The van der Waals surface area contributed by atoms with E-state index >= 15 is 0 Å². The SMILES string of the molecule is COc1ccc(Oc2ccc(N)cc2-c2cn(C)c(=O)c3ccccc23)cc1. The minimum atomic E-state index is -0.0409. The molecule has 0 aliphatic carbocycles. The summed E-state index contributed by atoms with van der Waals surface area (Å²) >= 11 is 0. The summed E-state index contributed by atoms with van der Waals surface area (Å²) in [5, 5.41) is 1.51. The van der Waals surface area contributed by atoms with Gasteiger partial charge in [0, 0.05) is 35.4 Å². The predicted octanol–water partition coefficient (Wildman–Crippen LogP) is 4.59. The third-order valence-electron chi connectivity index (χ3n) is 4.67. The van der Waals surface area contributed by atoms with Crippen LogP contribution >= 0.6 is 0 Å². The van der Waals surface area contributed by atoms with E-state index in [1.54, 1.807) is 24.8 Å². The van der Waals surface area contributed by atoms with Gasteiger partial charge in [0.1, 0.15) is 17.2 Å². The monoisotopic (exact) mass is 372 g/mol. The summed E-state index contributed by atoms with van der Waals surface area (Å²) in [6.07, 6.45) is 1.82. The molecule has 28 heavy (non-hydrogen) atoms. The Bertz CT molecular complexity index is 1210. The van der Waals surface area contributed by atoms with Crippen molar-refractivity contribution in [2.75, 3.05) is 12.8 Å². The van der Waals surface area contributed by atoms with Crippen LogP contribution in [0.2, 0.25) is 0 Å². The second-order valence-corrected chi connectivity index (χ2v) is 6.54. The Labute approximate surface area is 162 Å². The average molecular weight is 372 g/mol. The number of fused-ring (bicyclic) bond motifs is 1. The summed E-state index contributed by atoms with van der Waals surface area (Å²) in [6.45, 7) is 0. The molecule has 0 radical (unpaired) electrons. The molecule has 0 aliphatic rings. The Hall–Kier alpha value is -3.73. The molecule has 0 spiro atoms. The number of rotatable bonds is 4. The summed E-state index contributed by atoms with van der Waals surface area (Å²) in [4.78, 5) is 12.5. The number of nitrogens with two attached hydrogens (primary N) is 1. The lowest BCUT2D eigenvalue weighted by molar-refractivity contribution is 0.413. The van der Waals surface area contributed by atoms with Crippen LogP contribution in [-0.4, -0.2) is 11.7 Å². The highest BCUT2D eigenvalue weighted by atomic mass is 16.5. The number of anilines is 1. The van der Waals surface area contributed by atoms with Gasteiger partial charge in [-0.05, 0) is 53.9 Å².